The van der Waals surface area contributed by atoms with Crippen molar-refractivity contribution in [2.75, 3.05) is 0 Å². The van der Waals surface area contributed by atoms with E-state index in [9.17, 15) is 0 Å². The summed E-state index contributed by atoms with van der Waals surface area (Å²) >= 11 is 5.72. The van der Waals surface area contributed by atoms with Gasteiger partial charge in [-0.1, -0.05) is 6.07 Å². The number of ether oxygens (including phenoxy) is 1. The van der Waals surface area contributed by atoms with E-state index in [1.54, 1.807) is 36.4 Å². The van der Waals surface area contributed by atoms with Gasteiger partial charge >= 0.3 is 0 Å². The van der Waals surface area contributed by atoms with Crippen molar-refractivity contribution in [1.29, 1.82) is 10.5 Å². The van der Waals surface area contributed by atoms with Crippen LogP contribution >= 0.6 is 11.6 Å². The monoisotopic (exact) mass is 268 g/mol. The third-order valence-corrected chi connectivity index (χ3v) is 2.84. The van der Waals surface area contributed by atoms with E-state index in [0.29, 0.717) is 28.5 Å². The van der Waals surface area contributed by atoms with Gasteiger partial charge in [0.1, 0.15) is 17.6 Å². The van der Waals surface area contributed by atoms with Gasteiger partial charge in [-0.05, 0) is 42.0 Å². The topological polar surface area (TPSA) is 56.8 Å². The van der Waals surface area contributed by atoms with Crippen molar-refractivity contribution in [1.82, 2.24) is 0 Å². The highest BCUT2D eigenvalue weighted by atomic mass is 35.5. The molecule has 0 saturated heterocycles. The van der Waals surface area contributed by atoms with Crippen LogP contribution in [0.1, 0.15) is 16.7 Å². The second kappa shape index (κ2) is 5.91. The van der Waals surface area contributed by atoms with Crippen molar-refractivity contribution < 1.29 is 4.74 Å². The Morgan fingerprint density at radius 1 is 1.00 bits per heavy atom. The lowest BCUT2D eigenvalue weighted by molar-refractivity contribution is 0.481. The molecule has 92 valence electrons. The van der Waals surface area contributed by atoms with Gasteiger partial charge in [-0.2, -0.15) is 10.5 Å². The molecule has 4 heteroatoms. The van der Waals surface area contributed by atoms with Crippen LogP contribution in [0.2, 0.25) is 0 Å². The summed E-state index contributed by atoms with van der Waals surface area (Å²) in [6.45, 7) is 0. The third kappa shape index (κ3) is 3.04. The van der Waals surface area contributed by atoms with Gasteiger partial charge in [-0.15, -0.1) is 11.6 Å². The highest BCUT2D eigenvalue weighted by Crippen LogP contribution is 2.26. The summed E-state index contributed by atoms with van der Waals surface area (Å²) in [6.07, 6.45) is 0. The second-order valence-electron chi connectivity index (χ2n) is 3.81. The average Bonchev–Trinajstić information content (AvgIpc) is 2.48. The Morgan fingerprint density at radius 2 is 1.74 bits per heavy atom. The van der Waals surface area contributed by atoms with Crippen molar-refractivity contribution >= 4 is 11.6 Å². The lowest BCUT2D eigenvalue weighted by Crippen LogP contribution is -1.90. The van der Waals surface area contributed by atoms with Gasteiger partial charge in [0.25, 0.3) is 0 Å². The fourth-order valence-electron chi connectivity index (χ4n) is 1.56. The molecule has 0 saturated carbocycles. The zero-order valence-corrected chi connectivity index (χ0v) is 10.7. The number of rotatable bonds is 3. The summed E-state index contributed by atoms with van der Waals surface area (Å²) in [6, 6.07) is 16.0. The minimum Gasteiger partial charge on any atom is -0.456 e. The van der Waals surface area contributed by atoms with E-state index in [4.69, 9.17) is 26.9 Å². The fourth-order valence-corrected chi connectivity index (χ4v) is 1.73. The largest absolute Gasteiger partial charge is 0.456 e. The number of halogens is 1. The van der Waals surface area contributed by atoms with Crippen LogP contribution in [-0.2, 0) is 5.88 Å². The minimum absolute atomic E-state index is 0.353. The molecule has 19 heavy (non-hydrogen) atoms. The van der Waals surface area contributed by atoms with Crippen LogP contribution in [0.4, 0.5) is 0 Å². The molecule has 0 unspecified atom stereocenters. The van der Waals surface area contributed by atoms with Crippen LogP contribution in [0.25, 0.3) is 0 Å². The molecule has 0 spiro atoms. The van der Waals surface area contributed by atoms with Crippen LogP contribution in [0, 0.1) is 22.7 Å². The lowest BCUT2D eigenvalue weighted by Gasteiger charge is -2.08. The van der Waals surface area contributed by atoms with Crippen LogP contribution in [0.3, 0.4) is 0 Å². The maximum absolute atomic E-state index is 9.08. The quantitative estimate of drug-likeness (QED) is 0.792. The van der Waals surface area contributed by atoms with Gasteiger partial charge < -0.3 is 4.74 Å². The van der Waals surface area contributed by atoms with E-state index in [1.165, 1.54) is 0 Å². The van der Waals surface area contributed by atoms with Crippen molar-refractivity contribution in [3.05, 3.63) is 59.2 Å². The Morgan fingerprint density at radius 3 is 2.32 bits per heavy atom. The van der Waals surface area contributed by atoms with Gasteiger partial charge in [0.15, 0.2) is 0 Å². The Labute approximate surface area is 116 Å². The molecule has 0 amide bonds. The first kappa shape index (κ1) is 13.0. The first-order valence-electron chi connectivity index (χ1n) is 5.54. The van der Waals surface area contributed by atoms with Gasteiger partial charge in [-0.3, -0.25) is 0 Å². The van der Waals surface area contributed by atoms with Gasteiger partial charge in [0.2, 0.25) is 0 Å². The number of alkyl halides is 1. The van der Waals surface area contributed by atoms with Gasteiger partial charge in [0.05, 0.1) is 17.2 Å². The summed E-state index contributed by atoms with van der Waals surface area (Å²) < 4.78 is 5.62. The van der Waals surface area contributed by atoms with Crippen molar-refractivity contribution in [2.45, 2.75) is 5.88 Å². The molecule has 2 rings (SSSR count). The highest BCUT2D eigenvalue weighted by molar-refractivity contribution is 6.17. The minimum atomic E-state index is 0.353. The summed E-state index contributed by atoms with van der Waals surface area (Å²) in [4.78, 5) is 0. The Balaban J connectivity index is 2.28. The molecule has 3 nitrogen and oxygen atoms in total. The highest BCUT2D eigenvalue weighted by Gasteiger charge is 2.06. The van der Waals surface area contributed by atoms with Crippen LogP contribution in [-0.4, -0.2) is 0 Å². The standard InChI is InChI=1S/C15H9ClN2O/c16-8-12-3-6-15(13(7-12)10-18)19-14-4-1-11(9-17)2-5-14/h1-7H,8H2. The first-order chi connectivity index (χ1) is 9.26. The van der Waals surface area contributed by atoms with Crippen LogP contribution in [0.15, 0.2) is 42.5 Å². The maximum atomic E-state index is 9.08. The van der Waals surface area contributed by atoms with Gasteiger partial charge in [0, 0.05) is 5.88 Å². The Bertz CT molecular complexity index is 666. The molecule has 0 radical (unpaired) electrons. The summed E-state index contributed by atoms with van der Waals surface area (Å²) in [5.41, 5.74) is 1.86. The molecular formula is C15H9ClN2O. The number of benzene rings is 2. The maximum Gasteiger partial charge on any atom is 0.145 e. The van der Waals surface area contributed by atoms with Crippen LogP contribution < -0.4 is 4.74 Å². The molecule has 0 aliphatic rings. The van der Waals surface area contributed by atoms with E-state index in [0.717, 1.165) is 5.56 Å². The molecule has 0 atom stereocenters. The molecule has 2 aromatic rings. The summed E-state index contributed by atoms with van der Waals surface area (Å²) in [5, 5.41) is 17.8. The number of nitrogens with zero attached hydrogens (tertiary/aromatic N) is 2. The molecule has 0 heterocycles. The van der Waals surface area contributed by atoms with E-state index < -0.39 is 0 Å². The normalized spacial score (nSPS) is 9.42. The van der Waals surface area contributed by atoms with E-state index in [2.05, 4.69) is 6.07 Å². The predicted octanol–water partition coefficient (Wildman–Crippen LogP) is 3.96. The number of hydrogen-bond donors (Lipinski definition) is 0. The summed E-state index contributed by atoms with van der Waals surface area (Å²) in [7, 11) is 0. The first-order valence-corrected chi connectivity index (χ1v) is 6.07. The molecular weight excluding hydrogens is 260 g/mol. The smallest absolute Gasteiger partial charge is 0.145 e. The van der Waals surface area contributed by atoms with E-state index in [-0.39, 0.29) is 0 Å². The van der Waals surface area contributed by atoms with E-state index >= 15 is 0 Å². The number of nitriles is 2. The molecule has 2 aromatic carbocycles. The molecule has 0 N–H and O–H groups in total. The SMILES string of the molecule is N#Cc1ccc(Oc2ccc(CCl)cc2C#N)cc1. The van der Waals surface area contributed by atoms with E-state index in [1.807, 2.05) is 12.1 Å². The zero-order valence-electron chi connectivity index (χ0n) is 9.93. The Kier molecular flexibility index (Phi) is 4.03. The number of hydrogen-bond acceptors (Lipinski definition) is 3. The van der Waals surface area contributed by atoms with Crippen molar-refractivity contribution in [3.8, 4) is 23.6 Å². The molecule has 0 aliphatic carbocycles. The van der Waals surface area contributed by atoms with Crippen LogP contribution in [0.5, 0.6) is 11.5 Å². The Hall–Kier alpha value is -2.49. The molecule has 0 aliphatic heterocycles. The van der Waals surface area contributed by atoms with Crippen molar-refractivity contribution in [2.24, 2.45) is 0 Å². The van der Waals surface area contributed by atoms with Gasteiger partial charge in [-0.25, -0.2) is 0 Å². The van der Waals surface area contributed by atoms with Crippen molar-refractivity contribution in [3.63, 3.8) is 0 Å². The predicted molar refractivity (Wildman–Crippen MR) is 71.9 cm³/mol. The molecule has 0 aromatic heterocycles. The zero-order chi connectivity index (χ0) is 13.7. The fraction of sp³-hybridized carbons (Fsp3) is 0.0667. The summed E-state index contributed by atoms with van der Waals surface area (Å²) in [5.74, 6) is 1.40. The molecule has 0 fully saturated rings. The third-order valence-electron chi connectivity index (χ3n) is 2.53. The lowest BCUT2D eigenvalue weighted by atomic mass is 10.1. The average molecular weight is 269 g/mol. The molecule has 0 bridgehead atoms. The second-order valence-corrected chi connectivity index (χ2v) is 4.08.